The second-order valence-corrected chi connectivity index (χ2v) is 8.79. The summed E-state index contributed by atoms with van der Waals surface area (Å²) in [5, 5.41) is 11.0. The zero-order chi connectivity index (χ0) is 17.9. The molecule has 1 heterocycles. The van der Waals surface area contributed by atoms with Crippen LogP contribution in [0.5, 0.6) is 11.5 Å². The summed E-state index contributed by atoms with van der Waals surface area (Å²) < 4.78 is 12.0. The van der Waals surface area contributed by atoms with E-state index in [1.165, 1.54) is 5.56 Å². The lowest BCUT2D eigenvalue weighted by atomic mass is 9.51. The van der Waals surface area contributed by atoms with Crippen molar-refractivity contribution in [3.05, 3.63) is 20.8 Å². The highest BCUT2D eigenvalue weighted by Gasteiger charge is 2.58. The number of likely N-dealkylation sites (tertiary alicyclic amines) is 1. The zero-order valence-corrected chi connectivity index (χ0v) is 17.0. The van der Waals surface area contributed by atoms with Gasteiger partial charge in [0.1, 0.15) is 6.10 Å². The Bertz CT molecular complexity index is 737. The van der Waals surface area contributed by atoms with Gasteiger partial charge in [0.15, 0.2) is 17.3 Å². The molecule has 0 amide bonds. The summed E-state index contributed by atoms with van der Waals surface area (Å²) >= 11 is 2.33. The molecule has 4 rings (SSSR count). The van der Waals surface area contributed by atoms with Crippen LogP contribution >= 0.6 is 22.6 Å². The number of hydrogen-bond donors (Lipinski definition) is 1. The number of benzene rings is 1. The van der Waals surface area contributed by atoms with E-state index in [0.29, 0.717) is 24.1 Å². The molecule has 25 heavy (non-hydrogen) atoms. The minimum absolute atomic E-state index is 0.159. The van der Waals surface area contributed by atoms with Gasteiger partial charge >= 0.3 is 0 Å². The molecule has 6 heteroatoms. The number of aromatic hydroxyl groups is 1. The van der Waals surface area contributed by atoms with Gasteiger partial charge in [0, 0.05) is 34.1 Å². The van der Waals surface area contributed by atoms with Crippen LogP contribution in [-0.2, 0) is 21.4 Å². The Kier molecular flexibility index (Phi) is 4.28. The molecule has 0 spiro atoms. The SMILES string of the molecule is COc1cc(I)c2c(c1O)[C@@]13CCN(C)[C@@H](C2)C1CC(OC)C(=O)C3. The summed E-state index contributed by atoms with van der Waals surface area (Å²) in [6, 6.07) is 2.29. The third kappa shape index (κ3) is 2.36. The number of carbonyl (C=O) groups excluding carboxylic acids is 1. The quantitative estimate of drug-likeness (QED) is 0.692. The van der Waals surface area contributed by atoms with Gasteiger partial charge in [-0.1, -0.05) is 0 Å². The molecule has 1 saturated heterocycles. The van der Waals surface area contributed by atoms with Gasteiger partial charge < -0.3 is 19.5 Å². The van der Waals surface area contributed by atoms with E-state index in [2.05, 4.69) is 34.5 Å². The second-order valence-electron chi connectivity index (χ2n) is 7.63. The number of carbonyl (C=O) groups is 1. The fourth-order valence-corrected chi connectivity index (χ4v) is 6.25. The topological polar surface area (TPSA) is 59.0 Å². The summed E-state index contributed by atoms with van der Waals surface area (Å²) in [6.45, 7) is 0.943. The maximum atomic E-state index is 12.8. The largest absolute Gasteiger partial charge is 0.504 e. The van der Waals surface area contributed by atoms with Crippen LogP contribution < -0.4 is 4.74 Å². The number of phenols is 1. The number of rotatable bonds is 2. The fraction of sp³-hybridized carbons (Fsp3) is 0.632. The Balaban J connectivity index is 1.95. The molecule has 3 aliphatic rings. The third-order valence-electron chi connectivity index (χ3n) is 6.70. The molecular weight excluding hydrogens is 433 g/mol. The molecule has 4 atom stereocenters. The van der Waals surface area contributed by atoms with E-state index in [-0.39, 0.29) is 23.1 Å². The molecule has 1 aliphatic heterocycles. The number of methoxy groups -OCH3 is 2. The standard InChI is InChI=1S/C19H24INO4/c1-21-5-4-19-9-14(22)15(24-2)7-11(19)13(21)6-10-12(20)8-16(25-3)18(23)17(10)19/h8,11,13,15,23H,4-7,9H2,1-3H3/t11?,13-,15?,19+/m0/s1. The number of phenolic OH excluding ortho intramolecular Hbond substituents is 1. The van der Waals surface area contributed by atoms with Crippen molar-refractivity contribution in [3.8, 4) is 11.5 Å². The second kappa shape index (κ2) is 6.09. The van der Waals surface area contributed by atoms with Crippen LogP contribution in [0.3, 0.4) is 0 Å². The average molecular weight is 457 g/mol. The molecule has 2 unspecified atom stereocenters. The smallest absolute Gasteiger partial charge is 0.162 e. The van der Waals surface area contributed by atoms with Gasteiger partial charge in [-0.3, -0.25) is 4.79 Å². The van der Waals surface area contributed by atoms with E-state index in [9.17, 15) is 9.90 Å². The van der Waals surface area contributed by atoms with Gasteiger partial charge in [-0.05, 0) is 73.0 Å². The Morgan fingerprint density at radius 2 is 2.16 bits per heavy atom. The van der Waals surface area contributed by atoms with E-state index >= 15 is 0 Å². The van der Waals surface area contributed by atoms with Crippen LogP contribution in [0.15, 0.2) is 6.07 Å². The van der Waals surface area contributed by atoms with Gasteiger partial charge in [-0.2, -0.15) is 0 Å². The van der Waals surface area contributed by atoms with Crippen molar-refractivity contribution < 1.29 is 19.4 Å². The zero-order valence-electron chi connectivity index (χ0n) is 14.8. The number of halogens is 1. The number of nitrogens with zero attached hydrogens (tertiary/aromatic N) is 1. The summed E-state index contributed by atoms with van der Waals surface area (Å²) in [4.78, 5) is 15.2. The summed E-state index contributed by atoms with van der Waals surface area (Å²) in [6.07, 6.45) is 2.65. The monoisotopic (exact) mass is 457 g/mol. The number of hydrogen-bond acceptors (Lipinski definition) is 5. The molecule has 2 fully saturated rings. The van der Waals surface area contributed by atoms with E-state index in [4.69, 9.17) is 9.47 Å². The van der Waals surface area contributed by atoms with Crippen LogP contribution in [0.4, 0.5) is 0 Å². The molecule has 2 bridgehead atoms. The number of ketones is 1. The maximum Gasteiger partial charge on any atom is 0.162 e. The Morgan fingerprint density at radius 1 is 1.40 bits per heavy atom. The summed E-state index contributed by atoms with van der Waals surface area (Å²) in [7, 11) is 5.38. The Hall–Kier alpha value is -0.860. The lowest BCUT2D eigenvalue weighted by Crippen LogP contribution is -2.63. The first-order chi connectivity index (χ1) is 11.9. The van der Waals surface area contributed by atoms with Crippen LogP contribution in [-0.4, -0.2) is 55.7 Å². The molecule has 1 aromatic carbocycles. The predicted molar refractivity (Wildman–Crippen MR) is 102 cm³/mol. The number of likely N-dealkylation sites (N-methyl/N-ethyl adjacent to an activating group) is 1. The highest BCUT2D eigenvalue weighted by molar-refractivity contribution is 14.1. The molecule has 0 aromatic heterocycles. The van der Waals surface area contributed by atoms with Gasteiger partial charge in [0.25, 0.3) is 0 Å². The fourth-order valence-electron chi connectivity index (χ4n) is 5.47. The van der Waals surface area contributed by atoms with E-state index in [0.717, 1.165) is 34.9 Å². The highest BCUT2D eigenvalue weighted by atomic mass is 127. The number of ether oxygens (including phenoxy) is 2. The molecule has 1 aromatic rings. The van der Waals surface area contributed by atoms with Crippen LogP contribution in [0, 0.1) is 9.49 Å². The molecule has 5 nitrogen and oxygen atoms in total. The minimum atomic E-state index is -0.319. The molecule has 136 valence electrons. The summed E-state index contributed by atoms with van der Waals surface area (Å²) in [5.41, 5.74) is 1.86. The third-order valence-corrected chi connectivity index (χ3v) is 7.66. The van der Waals surface area contributed by atoms with Gasteiger partial charge in [0.05, 0.1) is 7.11 Å². The number of Topliss-reactive ketones (excluding diaryl/α,β-unsaturated/α-hetero) is 1. The average Bonchev–Trinajstić information content (AvgIpc) is 2.59. The Morgan fingerprint density at radius 3 is 2.84 bits per heavy atom. The van der Waals surface area contributed by atoms with E-state index in [1.54, 1.807) is 14.2 Å². The first-order valence-corrected chi connectivity index (χ1v) is 9.85. The van der Waals surface area contributed by atoms with Crippen molar-refractivity contribution in [2.75, 3.05) is 27.8 Å². The van der Waals surface area contributed by atoms with Crippen molar-refractivity contribution in [2.45, 2.75) is 43.2 Å². The van der Waals surface area contributed by atoms with Crippen molar-refractivity contribution in [1.82, 2.24) is 4.90 Å². The van der Waals surface area contributed by atoms with Crippen molar-refractivity contribution >= 4 is 28.4 Å². The lowest BCUT2D eigenvalue weighted by Gasteiger charge is -2.58. The minimum Gasteiger partial charge on any atom is -0.504 e. The van der Waals surface area contributed by atoms with E-state index < -0.39 is 0 Å². The van der Waals surface area contributed by atoms with Crippen LogP contribution in [0.2, 0.25) is 0 Å². The van der Waals surface area contributed by atoms with Crippen molar-refractivity contribution in [3.63, 3.8) is 0 Å². The molecule has 1 N–H and O–H groups in total. The van der Waals surface area contributed by atoms with Gasteiger partial charge in [0.2, 0.25) is 0 Å². The molecule has 2 aliphatic carbocycles. The normalized spacial score (nSPS) is 34.4. The molecular formula is C19H24INO4. The van der Waals surface area contributed by atoms with Crippen molar-refractivity contribution in [2.24, 2.45) is 5.92 Å². The number of fused-ring (bicyclic) bond motifs is 1. The van der Waals surface area contributed by atoms with E-state index in [1.807, 2.05) is 6.07 Å². The summed E-state index contributed by atoms with van der Waals surface area (Å²) in [5.74, 6) is 1.21. The maximum absolute atomic E-state index is 12.8. The first-order valence-electron chi connectivity index (χ1n) is 8.77. The van der Waals surface area contributed by atoms with Gasteiger partial charge in [-0.15, -0.1) is 0 Å². The first kappa shape index (κ1) is 17.5. The predicted octanol–water partition coefficient (Wildman–Crippen LogP) is 2.50. The Labute approximate surface area is 161 Å². The molecule has 0 radical (unpaired) electrons. The van der Waals surface area contributed by atoms with Crippen molar-refractivity contribution in [1.29, 1.82) is 0 Å². The highest BCUT2D eigenvalue weighted by Crippen LogP contribution is 2.59. The van der Waals surface area contributed by atoms with Crippen LogP contribution in [0.1, 0.15) is 30.4 Å². The number of piperidine rings is 1. The molecule has 1 saturated carbocycles. The lowest BCUT2D eigenvalue weighted by molar-refractivity contribution is -0.141. The van der Waals surface area contributed by atoms with Gasteiger partial charge in [-0.25, -0.2) is 0 Å². The van der Waals surface area contributed by atoms with Crippen LogP contribution in [0.25, 0.3) is 0 Å².